The largest absolute Gasteiger partial charge is 0.480 e. The van der Waals surface area contributed by atoms with Crippen LogP contribution in [0.15, 0.2) is 29.2 Å². The highest BCUT2D eigenvalue weighted by Crippen LogP contribution is 2.33. The molecule has 1 unspecified atom stereocenters. The molecule has 0 aliphatic carbocycles. The molecule has 1 aromatic rings. The highest BCUT2D eigenvalue weighted by molar-refractivity contribution is 7.89. The second-order valence-corrected chi connectivity index (χ2v) is 7.37. The van der Waals surface area contributed by atoms with Gasteiger partial charge in [0.25, 0.3) is 0 Å². The molecule has 1 heterocycles. The van der Waals surface area contributed by atoms with Gasteiger partial charge in [-0.15, -0.1) is 0 Å². The number of aliphatic carboxylic acids is 1. The minimum Gasteiger partial charge on any atom is -0.480 e. The smallest absolute Gasteiger partial charge is 0.324 e. The molecule has 0 spiro atoms. The molecule has 0 amide bonds. The van der Waals surface area contributed by atoms with Crippen LogP contribution in [-0.4, -0.2) is 35.9 Å². The van der Waals surface area contributed by atoms with Crippen molar-refractivity contribution in [3.8, 4) is 0 Å². The first-order chi connectivity index (χ1) is 9.28. The predicted octanol–water partition coefficient (Wildman–Crippen LogP) is 2.36. The second-order valence-electron chi connectivity index (χ2n) is 5.07. The Balaban J connectivity index is 2.46. The molecule has 0 aromatic heterocycles. The summed E-state index contributed by atoms with van der Waals surface area (Å²) in [5, 5.41) is 9.83. The Kier molecular flexibility index (Phi) is 4.09. The first kappa shape index (κ1) is 15.3. The van der Waals surface area contributed by atoms with E-state index in [1.54, 1.807) is 0 Å². The topological polar surface area (TPSA) is 74.7 Å². The fourth-order valence-electron chi connectivity index (χ4n) is 2.43. The van der Waals surface area contributed by atoms with Crippen LogP contribution in [0, 0.1) is 0 Å². The van der Waals surface area contributed by atoms with Crippen LogP contribution >= 0.6 is 11.6 Å². The van der Waals surface area contributed by atoms with Gasteiger partial charge in [-0.1, -0.05) is 11.6 Å². The summed E-state index contributed by atoms with van der Waals surface area (Å²) in [5.41, 5.74) is -1.39. The van der Waals surface area contributed by atoms with Gasteiger partial charge in [0.05, 0.1) is 4.90 Å². The van der Waals surface area contributed by atoms with Crippen LogP contribution in [0.4, 0.5) is 0 Å². The van der Waals surface area contributed by atoms with Crippen molar-refractivity contribution >= 4 is 27.6 Å². The Morgan fingerprint density at radius 2 is 1.90 bits per heavy atom. The molecule has 1 N–H and O–H groups in total. The maximum absolute atomic E-state index is 12.6. The lowest BCUT2D eigenvalue weighted by Gasteiger charge is -2.40. The fourth-order valence-corrected chi connectivity index (χ4v) is 4.36. The minimum absolute atomic E-state index is 0.0660. The normalized spacial score (nSPS) is 24.5. The summed E-state index contributed by atoms with van der Waals surface area (Å²) in [6.07, 6.45) is 1.68. The van der Waals surface area contributed by atoms with Gasteiger partial charge in [0.1, 0.15) is 5.54 Å². The molecular weight excluding hydrogens is 302 g/mol. The molecule has 1 saturated heterocycles. The van der Waals surface area contributed by atoms with E-state index in [2.05, 4.69) is 0 Å². The third-order valence-electron chi connectivity index (χ3n) is 3.69. The highest BCUT2D eigenvalue weighted by atomic mass is 35.5. The van der Waals surface area contributed by atoms with E-state index < -0.39 is 21.5 Å². The molecule has 5 nitrogen and oxygen atoms in total. The molecule has 0 bridgehead atoms. The van der Waals surface area contributed by atoms with Crippen LogP contribution in [0.3, 0.4) is 0 Å². The molecule has 0 radical (unpaired) electrons. The molecule has 1 atom stereocenters. The van der Waals surface area contributed by atoms with Crippen LogP contribution in [-0.2, 0) is 14.8 Å². The van der Waals surface area contributed by atoms with Gasteiger partial charge >= 0.3 is 5.97 Å². The molecular formula is C13H16ClNO4S. The van der Waals surface area contributed by atoms with E-state index in [1.165, 1.54) is 31.2 Å². The quantitative estimate of drug-likeness (QED) is 0.928. The van der Waals surface area contributed by atoms with Crippen molar-refractivity contribution in [2.24, 2.45) is 0 Å². The molecule has 20 heavy (non-hydrogen) atoms. The summed E-state index contributed by atoms with van der Waals surface area (Å²) in [5.74, 6) is -1.12. The van der Waals surface area contributed by atoms with Gasteiger partial charge in [-0.2, -0.15) is 4.31 Å². The number of sulfonamides is 1. The number of nitrogens with zero attached hydrogens (tertiary/aromatic N) is 1. The van der Waals surface area contributed by atoms with Gasteiger partial charge in [-0.3, -0.25) is 4.79 Å². The average Bonchev–Trinajstić information content (AvgIpc) is 2.39. The van der Waals surface area contributed by atoms with Gasteiger partial charge in [0.15, 0.2) is 0 Å². The van der Waals surface area contributed by atoms with Crippen LogP contribution < -0.4 is 0 Å². The van der Waals surface area contributed by atoms with Crippen LogP contribution in [0.25, 0.3) is 0 Å². The summed E-state index contributed by atoms with van der Waals surface area (Å²) in [6.45, 7) is 1.68. The zero-order valence-corrected chi connectivity index (χ0v) is 12.6. The van der Waals surface area contributed by atoms with Crippen molar-refractivity contribution in [2.75, 3.05) is 6.54 Å². The number of carbonyl (C=O) groups is 1. The Labute approximate surface area is 123 Å². The maximum atomic E-state index is 12.6. The van der Waals surface area contributed by atoms with E-state index >= 15 is 0 Å². The fraction of sp³-hybridized carbons (Fsp3) is 0.462. The van der Waals surface area contributed by atoms with E-state index in [1.807, 2.05) is 0 Å². The van der Waals surface area contributed by atoms with Crippen molar-refractivity contribution in [3.63, 3.8) is 0 Å². The van der Waals surface area contributed by atoms with Gasteiger partial charge < -0.3 is 5.11 Å². The lowest BCUT2D eigenvalue weighted by molar-refractivity contribution is -0.149. The highest BCUT2D eigenvalue weighted by Gasteiger charge is 2.47. The lowest BCUT2D eigenvalue weighted by atomic mass is 9.91. The van der Waals surface area contributed by atoms with Crippen molar-refractivity contribution in [1.82, 2.24) is 4.31 Å². The lowest BCUT2D eigenvalue weighted by Crippen LogP contribution is -2.57. The van der Waals surface area contributed by atoms with Crippen molar-refractivity contribution in [2.45, 2.75) is 36.6 Å². The summed E-state index contributed by atoms with van der Waals surface area (Å²) >= 11 is 5.75. The van der Waals surface area contributed by atoms with Gasteiger partial charge in [0, 0.05) is 11.6 Å². The summed E-state index contributed by atoms with van der Waals surface area (Å²) in [7, 11) is -3.84. The number of hydrogen-bond donors (Lipinski definition) is 1. The third-order valence-corrected chi connectivity index (χ3v) is 5.97. The van der Waals surface area contributed by atoms with E-state index in [9.17, 15) is 18.3 Å². The number of piperidine rings is 1. The van der Waals surface area contributed by atoms with Crippen LogP contribution in [0.5, 0.6) is 0 Å². The van der Waals surface area contributed by atoms with E-state index in [0.717, 1.165) is 4.31 Å². The van der Waals surface area contributed by atoms with Crippen LogP contribution in [0.1, 0.15) is 26.2 Å². The number of halogens is 1. The molecule has 110 valence electrons. The first-order valence-corrected chi connectivity index (χ1v) is 8.12. The number of carboxylic acid groups (broad SMARTS) is 1. The average molecular weight is 318 g/mol. The second kappa shape index (κ2) is 5.35. The molecule has 1 aliphatic rings. The maximum Gasteiger partial charge on any atom is 0.324 e. The number of rotatable bonds is 3. The molecule has 1 aromatic carbocycles. The van der Waals surface area contributed by atoms with Crippen LogP contribution in [0.2, 0.25) is 5.02 Å². The number of benzene rings is 1. The van der Waals surface area contributed by atoms with E-state index in [-0.39, 0.29) is 11.4 Å². The zero-order chi connectivity index (χ0) is 15.0. The molecule has 1 fully saturated rings. The summed E-state index contributed by atoms with van der Waals surface area (Å²) in [6, 6.07) is 5.76. The molecule has 1 aliphatic heterocycles. The Bertz CT molecular complexity index is 614. The Hall–Kier alpha value is -1.11. The monoisotopic (exact) mass is 317 g/mol. The predicted molar refractivity (Wildman–Crippen MR) is 75.2 cm³/mol. The van der Waals surface area contributed by atoms with Gasteiger partial charge in [-0.25, -0.2) is 8.42 Å². The summed E-state index contributed by atoms with van der Waals surface area (Å²) in [4.78, 5) is 11.6. The van der Waals surface area contributed by atoms with E-state index in [4.69, 9.17) is 11.6 Å². The summed E-state index contributed by atoms with van der Waals surface area (Å²) < 4.78 is 26.4. The van der Waals surface area contributed by atoms with Crippen molar-refractivity contribution < 1.29 is 18.3 Å². The zero-order valence-electron chi connectivity index (χ0n) is 11.0. The molecule has 7 heteroatoms. The molecule has 0 saturated carbocycles. The van der Waals surface area contributed by atoms with Crippen molar-refractivity contribution in [1.29, 1.82) is 0 Å². The third kappa shape index (κ3) is 2.55. The minimum atomic E-state index is -3.84. The Morgan fingerprint density at radius 3 is 2.45 bits per heavy atom. The standard InChI is InChI=1S/C13H16ClNO4S/c1-13(12(16)17)8-2-3-9-15(13)20(18,19)11-6-4-10(14)5-7-11/h4-7H,2-3,8-9H2,1H3,(H,16,17). The van der Waals surface area contributed by atoms with Crippen molar-refractivity contribution in [3.05, 3.63) is 29.3 Å². The Morgan fingerprint density at radius 1 is 1.30 bits per heavy atom. The molecule has 2 rings (SSSR count). The SMILES string of the molecule is CC1(C(=O)O)CCCCN1S(=O)(=O)c1ccc(Cl)cc1. The number of carboxylic acids is 1. The number of hydrogen-bond acceptors (Lipinski definition) is 3. The van der Waals surface area contributed by atoms with Gasteiger partial charge in [-0.05, 0) is 50.5 Å². The first-order valence-electron chi connectivity index (χ1n) is 6.30. The van der Waals surface area contributed by atoms with Gasteiger partial charge in [0.2, 0.25) is 10.0 Å². The van der Waals surface area contributed by atoms with E-state index in [0.29, 0.717) is 24.3 Å².